The quantitative estimate of drug-likeness (QED) is 0.775. The predicted octanol–water partition coefficient (Wildman–Crippen LogP) is 1.57. The second-order valence-corrected chi connectivity index (χ2v) is 7.01. The molecule has 3 aliphatic heterocycles. The third kappa shape index (κ3) is 2.71. The van der Waals surface area contributed by atoms with Crippen LogP contribution in [-0.2, 0) is 14.4 Å². The van der Waals surface area contributed by atoms with Crippen LogP contribution in [0.25, 0.3) is 0 Å². The fourth-order valence-corrected chi connectivity index (χ4v) is 4.13. The summed E-state index contributed by atoms with van der Waals surface area (Å²) in [5.74, 6) is 0.624. The lowest BCUT2D eigenvalue weighted by molar-refractivity contribution is -0.206. The molecule has 3 heterocycles. The van der Waals surface area contributed by atoms with Crippen molar-refractivity contribution in [1.29, 1.82) is 0 Å². The van der Waals surface area contributed by atoms with Gasteiger partial charge in [0, 0.05) is 19.1 Å². The topological polar surface area (TPSA) is 42.0 Å². The standard InChI is InChI=1S/C16H26N2O3/c19-16(18-7-1-2-9-20-18)14-10-12-6-8-17(11-15(12)21-14)13-4-3-5-13/h12-15H,1-11H2/t12-,14-,15+/m0/s1. The van der Waals surface area contributed by atoms with E-state index in [0.717, 1.165) is 38.4 Å². The van der Waals surface area contributed by atoms with Gasteiger partial charge in [-0.15, -0.1) is 0 Å². The first-order valence-electron chi connectivity index (χ1n) is 8.65. The van der Waals surface area contributed by atoms with Crippen molar-refractivity contribution in [2.45, 2.75) is 63.2 Å². The zero-order valence-corrected chi connectivity index (χ0v) is 12.7. The number of nitrogens with zero attached hydrogens (tertiary/aromatic N) is 2. The Kier molecular flexibility index (Phi) is 3.90. The molecule has 3 saturated heterocycles. The molecule has 4 fully saturated rings. The zero-order chi connectivity index (χ0) is 14.2. The Bertz CT molecular complexity index is 393. The van der Waals surface area contributed by atoms with Crippen LogP contribution in [0, 0.1) is 5.92 Å². The molecule has 0 aromatic rings. The molecule has 0 spiro atoms. The molecule has 0 radical (unpaired) electrons. The first-order chi connectivity index (χ1) is 10.3. The summed E-state index contributed by atoms with van der Waals surface area (Å²) in [6, 6.07) is 0.787. The number of fused-ring (bicyclic) bond motifs is 1. The van der Waals surface area contributed by atoms with Crippen molar-refractivity contribution in [3.63, 3.8) is 0 Å². The molecule has 1 saturated carbocycles. The van der Waals surface area contributed by atoms with Gasteiger partial charge in [0.15, 0.2) is 0 Å². The van der Waals surface area contributed by atoms with Crippen LogP contribution in [0.3, 0.4) is 0 Å². The lowest BCUT2D eigenvalue weighted by Gasteiger charge is -2.43. The van der Waals surface area contributed by atoms with E-state index in [1.165, 1.54) is 32.2 Å². The van der Waals surface area contributed by atoms with E-state index in [9.17, 15) is 4.79 Å². The van der Waals surface area contributed by atoms with Crippen LogP contribution >= 0.6 is 0 Å². The highest BCUT2D eigenvalue weighted by Gasteiger charge is 2.44. The average Bonchev–Trinajstić information content (AvgIpc) is 2.89. The first kappa shape index (κ1) is 14.0. The number of likely N-dealkylation sites (tertiary alicyclic amines) is 1. The smallest absolute Gasteiger partial charge is 0.275 e. The maximum atomic E-state index is 12.5. The Morgan fingerprint density at radius 3 is 2.67 bits per heavy atom. The lowest BCUT2D eigenvalue weighted by Crippen LogP contribution is -2.49. The third-order valence-electron chi connectivity index (χ3n) is 5.70. The van der Waals surface area contributed by atoms with E-state index in [-0.39, 0.29) is 18.1 Å². The minimum Gasteiger partial charge on any atom is -0.363 e. The molecule has 0 N–H and O–H groups in total. The van der Waals surface area contributed by atoms with Crippen molar-refractivity contribution in [3.8, 4) is 0 Å². The van der Waals surface area contributed by atoms with Crippen molar-refractivity contribution in [2.75, 3.05) is 26.2 Å². The van der Waals surface area contributed by atoms with E-state index in [0.29, 0.717) is 12.5 Å². The summed E-state index contributed by atoms with van der Waals surface area (Å²) in [6.45, 7) is 3.61. The van der Waals surface area contributed by atoms with Crippen molar-refractivity contribution < 1.29 is 14.4 Å². The average molecular weight is 294 g/mol. The van der Waals surface area contributed by atoms with Gasteiger partial charge < -0.3 is 4.74 Å². The number of carbonyl (C=O) groups excluding carboxylic acids is 1. The van der Waals surface area contributed by atoms with Gasteiger partial charge in [-0.3, -0.25) is 14.5 Å². The van der Waals surface area contributed by atoms with Gasteiger partial charge in [0.25, 0.3) is 5.91 Å². The number of amides is 1. The molecule has 21 heavy (non-hydrogen) atoms. The lowest BCUT2D eigenvalue weighted by atomic mass is 9.86. The molecule has 4 aliphatic rings. The fraction of sp³-hybridized carbons (Fsp3) is 0.938. The van der Waals surface area contributed by atoms with Gasteiger partial charge in [0.1, 0.15) is 6.10 Å². The Balaban J connectivity index is 1.34. The van der Waals surface area contributed by atoms with Crippen molar-refractivity contribution in [1.82, 2.24) is 9.96 Å². The van der Waals surface area contributed by atoms with Gasteiger partial charge in [-0.2, -0.15) is 0 Å². The number of carbonyl (C=O) groups is 1. The minimum atomic E-state index is -0.264. The maximum Gasteiger partial charge on any atom is 0.275 e. The summed E-state index contributed by atoms with van der Waals surface area (Å²) in [6.07, 6.45) is 8.25. The van der Waals surface area contributed by atoms with E-state index in [1.54, 1.807) is 5.06 Å². The summed E-state index contributed by atoms with van der Waals surface area (Å²) in [4.78, 5) is 20.6. The molecule has 3 atom stereocenters. The minimum absolute atomic E-state index is 0.0549. The normalized spacial score (nSPS) is 38.1. The van der Waals surface area contributed by atoms with Crippen molar-refractivity contribution in [2.24, 2.45) is 5.92 Å². The predicted molar refractivity (Wildman–Crippen MR) is 77.5 cm³/mol. The number of hydrogen-bond acceptors (Lipinski definition) is 4. The van der Waals surface area contributed by atoms with E-state index in [2.05, 4.69) is 4.90 Å². The van der Waals surface area contributed by atoms with E-state index < -0.39 is 0 Å². The number of rotatable bonds is 2. The van der Waals surface area contributed by atoms with Gasteiger partial charge in [0.05, 0.1) is 12.7 Å². The Morgan fingerprint density at radius 2 is 1.95 bits per heavy atom. The summed E-state index contributed by atoms with van der Waals surface area (Å²) >= 11 is 0. The fourth-order valence-electron chi connectivity index (χ4n) is 4.13. The summed E-state index contributed by atoms with van der Waals surface area (Å²) in [5, 5.41) is 1.55. The van der Waals surface area contributed by atoms with E-state index >= 15 is 0 Å². The Hall–Kier alpha value is -0.650. The van der Waals surface area contributed by atoms with Crippen molar-refractivity contribution >= 4 is 5.91 Å². The zero-order valence-electron chi connectivity index (χ0n) is 12.7. The van der Waals surface area contributed by atoms with Crippen molar-refractivity contribution in [3.05, 3.63) is 0 Å². The SMILES string of the molecule is O=C([C@@H]1C[C@@H]2CCN(C3CCC3)C[C@H]2O1)N1CCCCO1. The van der Waals surface area contributed by atoms with E-state index in [1.807, 2.05) is 0 Å². The third-order valence-corrected chi connectivity index (χ3v) is 5.70. The van der Waals surface area contributed by atoms with Crippen LogP contribution in [0.2, 0.25) is 0 Å². The second-order valence-electron chi connectivity index (χ2n) is 7.01. The van der Waals surface area contributed by atoms with Crippen LogP contribution < -0.4 is 0 Å². The summed E-state index contributed by atoms with van der Waals surface area (Å²) < 4.78 is 6.12. The first-order valence-corrected chi connectivity index (χ1v) is 8.65. The monoisotopic (exact) mass is 294 g/mol. The molecule has 0 aromatic carbocycles. The second kappa shape index (κ2) is 5.86. The molecule has 1 aliphatic carbocycles. The van der Waals surface area contributed by atoms with Gasteiger partial charge in [-0.05, 0) is 51.0 Å². The van der Waals surface area contributed by atoms with Crippen LogP contribution in [0.4, 0.5) is 0 Å². The van der Waals surface area contributed by atoms with E-state index in [4.69, 9.17) is 9.57 Å². The Labute approximate surface area is 126 Å². The highest BCUT2D eigenvalue weighted by Crippen LogP contribution is 2.37. The van der Waals surface area contributed by atoms with Crippen LogP contribution in [0.15, 0.2) is 0 Å². The molecular weight excluding hydrogens is 268 g/mol. The molecule has 5 nitrogen and oxygen atoms in total. The number of hydroxylamine groups is 2. The van der Waals surface area contributed by atoms with Gasteiger partial charge in [-0.25, -0.2) is 5.06 Å². The van der Waals surface area contributed by atoms with Crippen LogP contribution in [-0.4, -0.2) is 60.4 Å². The molecule has 1 amide bonds. The van der Waals surface area contributed by atoms with Crippen LogP contribution in [0.1, 0.15) is 44.9 Å². The molecule has 0 unspecified atom stereocenters. The molecule has 0 aromatic heterocycles. The number of ether oxygens (including phenoxy) is 1. The van der Waals surface area contributed by atoms with Gasteiger partial charge in [0.2, 0.25) is 0 Å². The molecule has 5 heteroatoms. The molecular formula is C16H26N2O3. The van der Waals surface area contributed by atoms with Crippen LogP contribution in [0.5, 0.6) is 0 Å². The maximum absolute atomic E-state index is 12.5. The largest absolute Gasteiger partial charge is 0.363 e. The number of hydrogen-bond donors (Lipinski definition) is 0. The molecule has 118 valence electrons. The Morgan fingerprint density at radius 1 is 1.05 bits per heavy atom. The molecule has 0 bridgehead atoms. The summed E-state index contributed by atoms with van der Waals surface area (Å²) in [5.41, 5.74) is 0. The highest BCUT2D eigenvalue weighted by atomic mass is 16.7. The van der Waals surface area contributed by atoms with Gasteiger partial charge >= 0.3 is 0 Å². The highest BCUT2D eigenvalue weighted by molar-refractivity contribution is 5.80. The number of piperidine rings is 1. The molecule has 4 rings (SSSR count). The van der Waals surface area contributed by atoms with Gasteiger partial charge in [-0.1, -0.05) is 6.42 Å². The summed E-state index contributed by atoms with van der Waals surface area (Å²) in [7, 11) is 0.